The van der Waals surface area contributed by atoms with Gasteiger partial charge in [0.05, 0.1) is 0 Å². The molecule has 0 amide bonds. The molecule has 0 aliphatic rings. The first-order valence-electron chi connectivity index (χ1n) is 4.83. The standard InChI is InChI=1S/C11H14BrF2N/c1-2-11(14,7-15)6-8-3-4-9(12)5-10(8)13/h3-5H,2,6-7,15H2,1H3. The molecule has 0 aliphatic carbocycles. The van der Waals surface area contributed by atoms with Crippen LogP contribution in [0.1, 0.15) is 18.9 Å². The van der Waals surface area contributed by atoms with Crippen LogP contribution in [0.3, 0.4) is 0 Å². The van der Waals surface area contributed by atoms with Crippen molar-refractivity contribution in [2.45, 2.75) is 25.4 Å². The zero-order valence-electron chi connectivity index (χ0n) is 8.56. The first-order chi connectivity index (χ1) is 7.00. The summed E-state index contributed by atoms with van der Waals surface area (Å²) in [5.74, 6) is -0.395. The van der Waals surface area contributed by atoms with E-state index in [0.717, 1.165) is 0 Å². The van der Waals surface area contributed by atoms with E-state index in [1.165, 1.54) is 6.07 Å². The minimum Gasteiger partial charge on any atom is -0.328 e. The van der Waals surface area contributed by atoms with Crippen LogP contribution in [0.15, 0.2) is 22.7 Å². The number of hydrogen-bond acceptors (Lipinski definition) is 1. The fourth-order valence-corrected chi connectivity index (χ4v) is 1.68. The van der Waals surface area contributed by atoms with Gasteiger partial charge < -0.3 is 5.73 Å². The van der Waals surface area contributed by atoms with Crippen LogP contribution >= 0.6 is 15.9 Å². The van der Waals surface area contributed by atoms with Gasteiger partial charge >= 0.3 is 0 Å². The number of halogens is 3. The predicted octanol–water partition coefficient (Wildman–Crippen LogP) is 3.21. The van der Waals surface area contributed by atoms with Crippen LogP contribution in [-0.4, -0.2) is 12.2 Å². The van der Waals surface area contributed by atoms with Gasteiger partial charge in [-0.25, -0.2) is 8.78 Å². The summed E-state index contributed by atoms with van der Waals surface area (Å²) in [6.45, 7) is 1.63. The van der Waals surface area contributed by atoms with E-state index in [0.29, 0.717) is 16.5 Å². The smallest absolute Gasteiger partial charge is 0.127 e. The second kappa shape index (κ2) is 5.03. The molecule has 0 saturated heterocycles. The highest BCUT2D eigenvalue weighted by molar-refractivity contribution is 9.10. The monoisotopic (exact) mass is 277 g/mol. The third kappa shape index (κ3) is 3.24. The Morgan fingerprint density at radius 3 is 2.60 bits per heavy atom. The van der Waals surface area contributed by atoms with E-state index in [1.807, 2.05) is 0 Å². The van der Waals surface area contributed by atoms with Crippen LogP contribution in [0.2, 0.25) is 0 Å². The van der Waals surface area contributed by atoms with Crippen molar-refractivity contribution in [2.75, 3.05) is 6.54 Å². The summed E-state index contributed by atoms with van der Waals surface area (Å²) in [5.41, 5.74) is 4.20. The zero-order chi connectivity index (χ0) is 11.5. The van der Waals surface area contributed by atoms with Crippen molar-refractivity contribution in [2.24, 2.45) is 5.73 Å². The molecule has 4 heteroatoms. The lowest BCUT2D eigenvalue weighted by Crippen LogP contribution is -2.34. The third-order valence-electron chi connectivity index (χ3n) is 2.52. The molecular weight excluding hydrogens is 264 g/mol. The summed E-state index contributed by atoms with van der Waals surface area (Å²) < 4.78 is 28.0. The minimum absolute atomic E-state index is 0.0269. The lowest BCUT2D eigenvalue weighted by molar-refractivity contribution is 0.166. The Morgan fingerprint density at radius 2 is 2.13 bits per heavy atom. The van der Waals surface area contributed by atoms with Gasteiger partial charge in [-0.1, -0.05) is 28.9 Å². The normalized spacial score (nSPS) is 15.0. The maximum Gasteiger partial charge on any atom is 0.127 e. The molecule has 0 aliphatic heterocycles. The summed E-state index contributed by atoms with van der Waals surface area (Å²) in [6.07, 6.45) is 0.318. The third-order valence-corrected chi connectivity index (χ3v) is 3.02. The summed E-state index contributed by atoms with van der Waals surface area (Å²) >= 11 is 3.15. The summed E-state index contributed by atoms with van der Waals surface area (Å²) in [4.78, 5) is 0. The van der Waals surface area contributed by atoms with E-state index in [4.69, 9.17) is 5.73 Å². The quantitative estimate of drug-likeness (QED) is 0.899. The molecule has 1 aromatic carbocycles. The van der Waals surface area contributed by atoms with Crippen LogP contribution < -0.4 is 5.73 Å². The van der Waals surface area contributed by atoms with Crippen molar-refractivity contribution in [1.29, 1.82) is 0 Å². The number of hydrogen-bond donors (Lipinski definition) is 1. The highest BCUT2D eigenvalue weighted by atomic mass is 79.9. The van der Waals surface area contributed by atoms with E-state index in [9.17, 15) is 8.78 Å². The lowest BCUT2D eigenvalue weighted by atomic mass is 9.93. The fourth-order valence-electron chi connectivity index (χ4n) is 1.35. The molecule has 0 radical (unpaired) electrons. The van der Waals surface area contributed by atoms with Gasteiger partial charge in [0.25, 0.3) is 0 Å². The average Bonchev–Trinajstić information content (AvgIpc) is 2.22. The Balaban J connectivity index is 2.89. The van der Waals surface area contributed by atoms with Crippen LogP contribution in [-0.2, 0) is 6.42 Å². The van der Waals surface area contributed by atoms with E-state index in [-0.39, 0.29) is 13.0 Å². The molecule has 1 atom stereocenters. The van der Waals surface area contributed by atoms with Crippen molar-refractivity contribution in [3.8, 4) is 0 Å². The van der Waals surface area contributed by atoms with Crippen LogP contribution in [0.4, 0.5) is 8.78 Å². The molecule has 15 heavy (non-hydrogen) atoms. The van der Waals surface area contributed by atoms with Crippen molar-refractivity contribution in [1.82, 2.24) is 0 Å². The van der Waals surface area contributed by atoms with Gasteiger partial charge in [-0.05, 0) is 24.1 Å². The second-order valence-corrected chi connectivity index (χ2v) is 4.54. The topological polar surface area (TPSA) is 26.0 Å². The first-order valence-corrected chi connectivity index (χ1v) is 5.63. The van der Waals surface area contributed by atoms with Crippen LogP contribution in [0, 0.1) is 5.82 Å². The highest BCUT2D eigenvalue weighted by Gasteiger charge is 2.27. The predicted molar refractivity (Wildman–Crippen MR) is 61.0 cm³/mol. The lowest BCUT2D eigenvalue weighted by Gasteiger charge is -2.22. The van der Waals surface area contributed by atoms with Crippen molar-refractivity contribution < 1.29 is 8.78 Å². The Hall–Kier alpha value is -0.480. The van der Waals surface area contributed by atoms with E-state index >= 15 is 0 Å². The molecule has 2 N–H and O–H groups in total. The maximum atomic E-state index is 13.9. The molecule has 1 nitrogen and oxygen atoms in total. The molecule has 1 unspecified atom stereocenters. The molecule has 0 heterocycles. The number of rotatable bonds is 4. The van der Waals surface area contributed by atoms with Crippen LogP contribution in [0.25, 0.3) is 0 Å². The van der Waals surface area contributed by atoms with Gasteiger partial charge in [0, 0.05) is 17.4 Å². The van der Waals surface area contributed by atoms with Gasteiger partial charge in [0.1, 0.15) is 11.5 Å². The Bertz CT molecular complexity index is 337. The van der Waals surface area contributed by atoms with Gasteiger partial charge in [-0.2, -0.15) is 0 Å². The molecule has 1 aromatic rings. The number of nitrogens with two attached hydrogens (primary N) is 1. The Morgan fingerprint density at radius 1 is 1.47 bits per heavy atom. The molecule has 0 fully saturated rings. The van der Waals surface area contributed by atoms with Crippen molar-refractivity contribution in [3.05, 3.63) is 34.1 Å². The molecule has 0 aromatic heterocycles. The summed E-state index contributed by atoms with van der Waals surface area (Å²) in [7, 11) is 0. The SMILES string of the molecule is CCC(F)(CN)Cc1ccc(Br)cc1F. The summed E-state index contributed by atoms with van der Waals surface area (Å²) in [5, 5.41) is 0. The fraction of sp³-hybridized carbons (Fsp3) is 0.455. The van der Waals surface area contributed by atoms with Gasteiger partial charge in [0.2, 0.25) is 0 Å². The first kappa shape index (κ1) is 12.6. The number of benzene rings is 1. The maximum absolute atomic E-state index is 13.9. The van der Waals surface area contributed by atoms with E-state index in [2.05, 4.69) is 15.9 Å². The molecule has 0 saturated carbocycles. The minimum atomic E-state index is -1.51. The molecule has 1 rings (SSSR count). The van der Waals surface area contributed by atoms with Gasteiger partial charge in [-0.15, -0.1) is 0 Å². The van der Waals surface area contributed by atoms with Crippen molar-refractivity contribution in [3.63, 3.8) is 0 Å². The zero-order valence-corrected chi connectivity index (χ0v) is 10.2. The van der Waals surface area contributed by atoms with E-state index in [1.54, 1.807) is 19.1 Å². The Labute approximate surface area is 96.8 Å². The van der Waals surface area contributed by atoms with Crippen molar-refractivity contribution >= 4 is 15.9 Å². The molecule has 84 valence electrons. The van der Waals surface area contributed by atoms with Gasteiger partial charge in [0.15, 0.2) is 0 Å². The summed E-state index contributed by atoms with van der Waals surface area (Å²) in [6, 6.07) is 4.62. The second-order valence-electron chi connectivity index (χ2n) is 3.62. The highest BCUT2D eigenvalue weighted by Crippen LogP contribution is 2.24. The number of alkyl halides is 1. The Kier molecular flexibility index (Phi) is 4.22. The van der Waals surface area contributed by atoms with Crippen LogP contribution in [0.5, 0.6) is 0 Å². The molecule has 0 spiro atoms. The molecule has 0 bridgehead atoms. The largest absolute Gasteiger partial charge is 0.328 e. The van der Waals surface area contributed by atoms with Gasteiger partial charge in [-0.3, -0.25) is 0 Å². The average molecular weight is 278 g/mol. The molecular formula is C11H14BrF2N. The van der Waals surface area contributed by atoms with E-state index < -0.39 is 11.5 Å².